The van der Waals surface area contributed by atoms with E-state index in [4.69, 9.17) is 0 Å². The summed E-state index contributed by atoms with van der Waals surface area (Å²) in [6.45, 7) is 7.29. The number of nitrogens with one attached hydrogen (secondary N) is 1. The van der Waals surface area contributed by atoms with Crippen LogP contribution in [0.25, 0.3) is 10.9 Å². The Hall–Kier alpha value is -3.08. The highest BCUT2D eigenvalue weighted by Gasteiger charge is 2.22. The molecule has 0 fully saturated rings. The zero-order valence-electron chi connectivity index (χ0n) is 17.7. The molecule has 1 heterocycles. The molecule has 0 radical (unpaired) electrons. The Bertz CT molecular complexity index is 1070. The summed E-state index contributed by atoms with van der Waals surface area (Å²) >= 11 is 0. The van der Waals surface area contributed by atoms with Crippen LogP contribution in [-0.4, -0.2) is 23.6 Å². The van der Waals surface area contributed by atoms with E-state index in [0.717, 1.165) is 34.3 Å². The van der Waals surface area contributed by atoms with E-state index in [1.54, 1.807) is 16.5 Å². The number of nitrogens with zero attached hydrogens (tertiary/aromatic N) is 2. The molecule has 0 aliphatic carbocycles. The maximum absolute atomic E-state index is 13.2. The van der Waals surface area contributed by atoms with Gasteiger partial charge in [0.25, 0.3) is 5.56 Å². The number of aromatic nitrogens is 1. The van der Waals surface area contributed by atoms with E-state index in [9.17, 15) is 9.59 Å². The van der Waals surface area contributed by atoms with Crippen molar-refractivity contribution in [3.8, 4) is 0 Å². The minimum atomic E-state index is -0.126. The summed E-state index contributed by atoms with van der Waals surface area (Å²) in [5, 5.41) is 4.41. The Morgan fingerprint density at radius 2 is 1.76 bits per heavy atom. The minimum Gasteiger partial charge on any atom is -0.384 e. The molecule has 152 valence electrons. The smallest absolute Gasteiger partial charge is 0.256 e. The van der Waals surface area contributed by atoms with E-state index in [2.05, 4.69) is 18.3 Å². The Kier molecular flexibility index (Phi) is 6.37. The zero-order valence-corrected chi connectivity index (χ0v) is 17.7. The number of rotatable bonds is 7. The number of likely N-dealkylation sites (N-methyl/N-ethyl adjacent to an activating group) is 1. The van der Waals surface area contributed by atoms with Crippen LogP contribution >= 0.6 is 0 Å². The molecule has 0 bridgehead atoms. The Labute approximate surface area is 172 Å². The van der Waals surface area contributed by atoms with Crippen LogP contribution < -0.4 is 15.8 Å². The van der Waals surface area contributed by atoms with E-state index in [-0.39, 0.29) is 17.9 Å². The average molecular weight is 392 g/mol. The molecule has 1 aromatic heterocycles. The first-order valence-electron chi connectivity index (χ1n) is 10.3. The van der Waals surface area contributed by atoms with Crippen LogP contribution in [0, 0.1) is 0 Å². The van der Waals surface area contributed by atoms with Crippen LogP contribution in [-0.2, 0) is 24.7 Å². The van der Waals surface area contributed by atoms with Crippen molar-refractivity contribution in [2.45, 2.75) is 33.6 Å². The van der Waals surface area contributed by atoms with Crippen LogP contribution in [0.2, 0.25) is 0 Å². The first-order valence-corrected chi connectivity index (χ1v) is 10.3. The predicted octanol–water partition coefficient (Wildman–Crippen LogP) is 4.13. The number of hydrogen-bond acceptors (Lipinski definition) is 3. The van der Waals surface area contributed by atoms with Crippen molar-refractivity contribution in [1.82, 2.24) is 4.57 Å². The third kappa shape index (κ3) is 3.90. The molecule has 0 unspecified atom stereocenters. The van der Waals surface area contributed by atoms with Crippen molar-refractivity contribution < 1.29 is 4.79 Å². The van der Waals surface area contributed by atoms with Gasteiger partial charge >= 0.3 is 0 Å². The third-order valence-corrected chi connectivity index (χ3v) is 5.35. The van der Waals surface area contributed by atoms with Gasteiger partial charge in [0.05, 0.1) is 23.2 Å². The van der Waals surface area contributed by atoms with Gasteiger partial charge in [0.15, 0.2) is 0 Å². The molecule has 2 aromatic carbocycles. The number of para-hydroxylation sites is 1. The summed E-state index contributed by atoms with van der Waals surface area (Å²) in [6.07, 6.45) is 0.915. The molecule has 0 saturated heterocycles. The highest BCUT2D eigenvalue weighted by atomic mass is 16.2. The van der Waals surface area contributed by atoms with Crippen molar-refractivity contribution in [3.63, 3.8) is 0 Å². The van der Waals surface area contributed by atoms with Crippen LogP contribution in [0.5, 0.6) is 0 Å². The molecule has 0 saturated carbocycles. The molecule has 1 amide bonds. The van der Waals surface area contributed by atoms with Gasteiger partial charge in [0.1, 0.15) is 0 Å². The quantitative estimate of drug-likeness (QED) is 0.659. The van der Waals surface area contributed by atoms with Crippen LogP contribution in [0.4, 0.5) is 11.4 Å². The SMILES string of the molecule is CCNc1c(CC(=O)N(CC)c2ccccc2)c(=O)n(C)c2cccc(CC)c12. The lowest BCUT2D eigenvalue weighted by Crippen LogP contribution is -2.35. The van der Waals surface area contributed by atoms with Gasteiger partial charge in [-0.3, -0.25) is 9.59 Å². The fourth-order valence-electron chi connectivity index (χ4n) is 3.91. The van der Waals surface area contributed by atoms with Crippen LogP contribution in [0.15, 0.2) is 53.3 Å². The molecule has 3 aromatic rings. The molecule has 5 heteroatoms. The number of amides is 1. The largest absolute Gasteiger partial charge is 0.384 e. The van der Waals surface area contributed by atoms with Crippen LogP contribution in [0.1, 0.15) is 31.9 Å². The van der Waals surface area contributed by atoms with E-state index in [1.807, 2.05) is 56.3 Å². The van der Waals surface area contributed by atoms with E-state index >= 15 is 0 Å². The molecule has 0 aliphatic rings. The van der Waals surface area contributed by atoms with E-state index < -0.39 is 0 Å². The molecule has 1 N–H and O–H groups in total. The lowest BCUT2D eigenvalue weighted by molar-refractivity contribution is -0.117. The summed E-state index contributed by atoms with van der Waals surface area (Å²) in [4.78, 5) is 28.1. The molecule has 0 aliphatic heterocycles. The number of pyridine rings is 1. The Morgan fingerprint density at radius 1 is 1.03 bits per heavy atom. The second kappa shape index (κ2) is 8.95. The fraction of sp³-hybridized carbons (Fsp3) is 0.333. The van der Waals surface area contributed by atoms with Gasteiger partial charge in [0.2, 0.25) is 5.91 Å². The lowest BCUT2D eigenvalue weighted by atomic mass is 9.99. The van der Waals surface area contributed by atoms with E-state index in [0.29, 0.717) is 18.7 Å². The second-order valence-corrected chi connectivity index (χ2v) is 7.06. The second-order valence-electron chi connectivity index (χ2n) is 7.06. The average Bonchev–Trinajstić information content (AvgIpc) is 2.75. The number of aryl methyl sites for hydroxylation is 2. The fourth-order valence-corrected chi connectivity index (χ4v) is 3.91. The summed E-state index contributed by atoms with van der Waals surface area (Å²) in [5.74, 6) is -0.0803. The molecule has 3 rings (SSSR count). The number of anilines is 2. The molecular weight excluding hydrogens is 362 g/mol. The Balaban J connectivity index is 2.16. The monoisotopic (exact) mass is 391 g/mol. The summed E-state index contributed by atoms with van der Waals surface area (Å²) in [6, 6.07) is 15.6. The highest BCUT2D eigenvalue weighted by Crippen LogP contribution is 2.29. The topological polar surface area (TPSA) is 54.3 Å². The first kappa shape index (κ1) is 20.6. The van der Waals surface area contributed by atoms with Gasteiger partial charge in [-0.25, -0.2) is 0 Å². The normalized spacial score (nSPS) is 10.9. The summed E-state index contributed by atoms with van der Waals surface area (Å²) < 4.78 is 1.66. The van der Waals surface area contributed by atoms with Crippen molar-refractivity contribution in [2.75, 3.05) is 23.3 Å². The molecule has 0 spiro atoms. The van der Waals surface area contributed by atoms with Crippen molar-refractivity contribution in [2.24, 2.45) is 7.05 Å². The lowest BCUT2D eigenvalue weighted by Gasteiger charge is -2.23. The predicted molar refractivity (Wildman–Crippen MR) is 121 cm³/mol. The summed E-state index contributed by atoms with van der Waals surface area (Å²) in [7, 11) is 1.78. The molecular formula is C24H29N3O2. The summed E-state index contributed by atoms with van der Waals surface area (Å²) in [5.41, 5.74) is 4.09. The maximum Gasteiger partial charge on any atom is 0.256 e. The first-order chi connectivity index (χ1) is 14.0. The standard InChI is InChI=1S/C24H29N3O2/c1-5-17-12-11-15-20-22(17)23(25-6-2)19(24(29)26(20)4)16-21(28)27(7-3)18-13-9-8-10-14-18/h8-15,25H,5-7,16H2,1-4H3. The van der Waals surface area contributed by atoms with Gasteiger partial charge in [-0.05, 0) is 44.0 Å². The number of fused-ring (bicyclic) bond motifs is 1. The highest BCUT2D eigenvalue weighted by molar-refractivity contribution is 6.00. The van der Waals surface area contributed by atoms with Gasteiger partial charge in [0, 0.05) is 31.2 Å². The van der Waals surface area contributed by atoms with Gasteiger partial charge in [-0.2, -0.15) is 0 Å². The Morgan fingerprint density at radius 3 is 2.38 bits per heavy atom. The van der Waals surface area contributed by atoms with Crippen LogP contribution in [0.3, 0.4) is 0 Å². The van der Waals surface area contributed by atoms with Gasteiger partial charge < -0.3 is 14.8 Å². The van der Waals surface area contributed by atoms with Gasteiger partial charge in [-0.15, -0.1) is 0 Å². The zero-order chi connectivity index (χ0) is 21.0. The number of benzene rings is 2. The minimum absolute atomic E-state index is 0.0612. The van der Waals surface area contributed by atoms with Crippen molar-refractivity contribution in [1.29, 1.82) is 0 Å². The van der Waals surface area contributed by atoms with Gasteiger partial charge in [-0.1, -0.05) is 37.3 Å². The maximum atomic E-state index is 13.2. The number of carbonyl (C=O) groups excluding carboxylic acids is 1. The van der Waals surface area contributed by atoms with Crippen molar-refractivity contribution in [3.05, 3.63) is 70.0 Å². The number of carbonyl (C=O) groups is 1. The van der Waals surface area contributed by atoms with Crippen molar-refractivity contribution >= 4 is 28.2 Å². The molecule has 5 nitrogen and oxygen atoms in total. The number of hydrogen-bond donors (Lipinski definition) is 1. The molecule has 0 atom stereocenters. The third-order valence-electron chi connectivity index (χ3n) is 5.35. The van der Waals surface area contributed by atoms with E-state index in [1.165, 1.54) is 0 Å². The molecule has 29 heavy (non-hydrogen) atoms.